The zero-order valence-electron chi connectivity index (χ0n) is 25.7. The highest BCUT2D eigenvalue weighted by Gasteiger charge is 2.34. The van der Waals surface area contributed by atoms with Gasteiger partial charge >= 0.3 is 0 Å². The molecule has 0 radical (unpaired) electrons. The fourth-order valence-corrected chi connectivity index (χ4v) is 6.47. The molecule has 3 aromatic carbocycles. The minimum absolute atomic E-state index is 0.0985. The molecule has 0 heterocycles. The molecule has 1 N–H and O–H groups in total. The molecular weight excluding hydrogens is 504 g/mol. The Labute approximate surface area is 249 Å². The van der Waals surface area contributed by atoms with Gasteiger partial charge in [0, 0.05) is 6.61 Å². The molecule has 3 atom stereocenters. The summed E-state index contributed by atoms with van der Waals surface area (Å²) >= 11 is 0. The van der Waals surface area contributed by atoms with Crippen LogP contribution in [-0.2, 0) is 23.4 Å². The summed E-state index contributed by atoms with van der Waals surface area (Å²) in [7, 11) is 0. The van der Waals surface area contributed by atoms with Gasteiger partial charge in [-0.1, -0.05) is 119 Å². The van der Waals surface area contributed by atoms with Crippen LogP contribution in [0.25, 0.3) is 0 Å². The van der Waals surface area contributed by atoms with E-state index in [9.17, 15) is 5.11 Å². The molecular formula is C38H52O3. The number of unbranched alkanes of at least 4 members (excludes halogenated alkanes) is 3. The van der Waals surface area contributed by atoms with Gasteiger partial charge in [0.05, 0.1) is 12.7 Å². The first-order chi connectivity index (χ1) is 20.0. The zero-order chi connectivity index (χ0) is 28.9. The van der Waals surface area contributed by atoms with E-state index in [1.54, 1.807) is 0 Å². The maximum absolute atomic E-state index is 9.66. The lowest BCUT2D eigenvalue weighted by atomic mass is 9.71. The van der Waals surface area contributed by atoms with Crippen molar-refractivity contribution in [2.45, 2.75) is 116 Å². The number of hydrogen-bond donors (Lipinski definition) is 1. The Bertz CT molecular complexity index is 1140. The van der Waals surface area contributed by atoms with Crippen molar-refractivity contribution in [3.05, 3.63) is 101 Å². The van der Waals surface area contributed by atoms with Crippen LogP contribution in [0.4, 0.5) is 0 Å². The number of hydrogen-bond acceptors (Lipinski definition) is 3. The van der Waals surface area contributed by atoms with E-state index >= 15 is 0 Å². The Morgan fingerprint density at radius 3 is 2.20 bits per heavy atom. The van der Waals surface area contributed by atoms with Crippen LogP contribution in [0.15, 0.2) is 78.9 Å². The number of aliphatic hydroxyl groups excluding tert-OH is 1. The zero-order valence-corrected chi connectivity index (χ0v) is 25.7. The minimum atomic E-state index is 0.0985. The van der Waals surface area contributed by atoms with Crippen molar-refractivity contribution in [1.29, 1.82) is 0 Å². The highest BCUT2D eigenvalue weighted by atomic mass is 16.5. The largest absolute Gasteiger partial charge is 0.489 e. The Balaban J connectivity index is 1.59. The SMILES string of the molecule is CCCCCCC(C)(C)c1ccc([C@@H]2C[C@H](OCc3ccccc3)CC[C@H]2CCCO)c(OCc2ccccc2)c1. The predicted molar refractivity (Wildman–Crippen MR) is 170 cm³/mol. The van der Waals surface area contributed by atoms with E-state index in [-0.39, 0.29) is 18.1 Å². The predicted octanol–water partition coefficient (Wildman–Crippen LogP) is 9.76. The smallest absolute Gasteiger partial charge is 0.123 e. The van der Waals surface area contributed by atoms with E-state index in [4.69, 9.17) is 9.47 Å². The van der Waals surface area contributed by atoms with Crippen LogP contribution in [0, 0.1) is 5.92 Å². The van der Waals surface area contributed by atoms with E-state index < -0.39 is 0 Å². The lowest BCUT2D eigenvalue weighted by molar-refractivity contribution is -0.00219. The Morgan fingerprint density at radius 2 is 1.51 bits per heavy atom. The average molecular weight is 557 g/mol. The lowest BCUT2D eigenvalue weighted by Gasteiger charge is -2.38. The molecule has 1 fully saturated rings. The van der Waals surface area contributed by atoms with Crippen molar-refractivity contribution >= 4 is 0 Å². The monoisotopic (exact) mass is 556 g/mol. The number of aliphatic hydroxyl groups is 1. The number of benzene rings is 3. The first-order valence-corrected chi connectivity index (χ1v) is 16.1. The first kappa shape index (κ1) is 31.3. The Hall–Kier alpha value is -2.62. The normalized spacial score (nSPS) is 19.3. The van der Waals surface area contributed by atoms with Gasteiger partial charge in [0.2, 0.25) is 0 Å². The standard InChI is InChI=1S/C38H52O3/c1-4-5-6-13-24-38(2,3)33-21-23-35(37(26-33)41-29-31-17-11-8-12-18-31)36-27-34(22-20-32(36)19-14-25-39)40-28-30-15-9-7-10-16-30/h7-12,15-18,21,23,26,32,34,36,39H,4-6,13-14,19-20,22,24-25,27-29H2,1-3H3/t32-,34-,36-/m1/s1. The molecule has 3 nitrogen and oxygen atoms in total. The summed E-state index contributed by atoms with van der Waals surface area (Å²) in [6.45, 7) is 8.51. The quantitative estimate of drug-likeness (QED) is 0.178. The van der Waals surface area contributed by atoms with Gasteiger partial charge in [0.1, 0.15) is 12.4 Å². The van der Waals surface area contributed by atoms with Crippen LogP contribution in [-0.4, -0.2) is 17.8 Å². The van der Waals surface area contributed by atoms with Crippen molar-refractivity contribution in [2.24, 2.45) is 5.92 Å². The summed E-state index contributed by atoms with van der Waals surface area (Å²) in [4.78, 5) is 0. The van der Waals surface area contributed by atoms with E-state index in [2.05, 4.69) is 99.6 Å². The highest BCUT2D eigenvalue weighted by Crippen LogP contribution is 2.46. The van der Waals surface area contributed by atoms with Gasteiger partial charge in [-0.15, -0.1) is 0 Å². The van der Waals surface area contributed by atoms with E-state index in [1.165, 1.54) is 54.4 Å². The first-order valence-electron chi connectivity index (χ1n) is 16.1. The topological polar surface area (TPSA) is 38.7 Å². The molecule has 0 unspecified atom stereocenters. The molecule has 222 valence electrons. The fourth-order valence-electron chi connectivity index (χ4n) is 6.47. The molecule has 3 aromatic rings. The second-order valence-corrected chi connectivity index (χ2v) is 12.7. The van der Waals surface area contributed by atoms with E-state index in [1.807, 2.05) is 0 Å². The van der Waals surface area contributed by atoms with Gasteiger partial charge in [0.15, 0.2) is 0 Å². The summed E-state index contributed by atoms with van der Waals surface area (Å²) < 4.78 is 13.2. The summed E-state index contributed by atoms with van der Waals surface area (Å²) in [6, 6.07) is 28.1. The van der Waals surface area contributed by atoms with Crippen LogP contribution >= 0.6 is 0 Å². The molecule has 4 rings (SSSR count). The molecule has 0 amide bonds. The Morgan fingerprint density at radius 1 is 0.805 bits per heavy atom. The second-order valence-electron chi connectivity index (χ2n) is 12.7. The molecule has 3 heteroatoms. The van der Waals surface area contributed by atoms with Crippen molar-refractivity contribution in [1.82, 2.24) is 0 Å². The van der Waals surface area contributed by atoms with Gasteiger partial charge in [0.25, 0.3) is 0 Å². The summed E-state index contributed by atoms with van der Waals surface area (Å²) in [5.41, 5.74) is 5.18. The van der Waals surface area contributed by atoms with Gasteiger partial charge in [-0.05, 0) is 84.1 Å². The van der Waals surface area contributed by atoms with Crippen molar-refractivity contribution < 1.29 is 14.6 Å². The van der Waals surface area contributed by atoms with Crippen LogP contribution in [0.1, 0.15) is 113 Å². The molecule has 0 aliphatic heterocycles. The van der Waals surface area contributed by atoms with Crippen LogP contribution in [0.2, 0.25) is 0 Å². The maximum Gasteiger partial charge on any atom is 0.123 e. The molecule has 1 saturated carbocycles. The fraction of sp³-hybridized carbons (Fsp3) is 0.526. The third-order valence-electron chi connectivity index (χ3n) is 9.09. The second kappa shape index (κ2) is 16.1. The van der Waals surface area contributed by atoms with Crippen LogP contribution in [0.5, 0.6) is 5.75 Å². The minimum Gasteiger partial charge on any atom is -0.489 e. The highest BCUT2D eigenvalue weighted by molar-refractivity contribution is 5.43. The van der Waals surface area contributed by atoms with E-state index in [0.717, 1.165) is 37.9 Å². The van der Waals surface area contributed by atoms with Crippen LogP contribution < -0.4 is 4.74 Å². The van der Waals surface area contributed by atoms with Gasteiger partial charge in [-0.25, -0.2) is 0 Å². The number of ether oxygens (including phenoxy) is 2. The summed E-state index contributed by atoms with van der Waals surface area (Å²) in [5.74, 6) is 1.89. The molecule has 1 aliphatic carbocycles. The molecule has 0 aromatic heterocycles. The average Bonchev–Trinajstić information content (AvgIpc) is 3.01. The molecule has 0 saturated heterocycles. The van der Waals surface area contributed by atoms with Crippen molar-refractivity contribution in [3.63, 3.8) is 0 Å². The molecule has 1 aliphatic rings. The van der Waals surface area contributed by atoms with Gasteiger partial charge in [-0.3, -0.25) is 0 Å². The number of rotatable bonds is 16. The lowest BCUT2D eigenvalue weighted by Crippen LogP contribution is -2.29. The van der Waals surface area contributed by atoms with Gasteiger partial charge < -0.3 is 14.6 Å². The molecule has 41 heavy (non-hydrogen) atoms. The third kappa shape index (κ3) is 9.45. The van der Waals surface area contributed by atoms with E-state index in [0.29, 0.717) is 25.0 Å². The van der Waals surface area contributed by atoms with Crippen molar-refractivity contribution in [3.8, 4) is 5.75 Å². The summed E-state index contributed by atoms with van der Waals surface area (Å²) in [5, 5.41) is 9.66. The maximum atomic E-state index is 9.66. The summed E-state index contributed by atoms with van der Waals surface area (Å²) in [6.07, 6.45) is 11.6. The Kier molecular flexibility index (Phi) is 12.3. The molecule has 0 spiro atoms. The van der Waals surface area contributed by atoms with Crippen molar-refractivity contribution in [2.75, 3.05) is 6.61 Å². The van der Waals surface area contributed by atoms with Gasteiger partial charge in [-0.2, -0.15) is 0 Å². The molecule has 0 bridgehead atoms. The third-order valence-corrected chi connectivity index (χ3v) is 9.09. The van der Waals surface area contributed by atoms with Crippen LogP contribution in [0.3, 0.4) is 0 Å².